The van der Waals surface area contributed by atoms with Gasteiger partial charge in [0.1, 0.15) is 5.75 Å². The lowest BCUT2D eigenvalue weighted by Crippen LogP contribution is -2.23. The summed E-state index contributed by atoms with van der Waals surface area (Å²) in [6.45, 7) is 5.04. The average Bonchev–Trinajstić information content (AvgIpc) is 2.67. The molecule has 0 aliphatic heterocycles. The van der Waals surface area contributed by atoms with Crippen LogP contribution in [-0.2, 0) is 19.2 Å². The summed E-state index contributed by atoms with van der Waals surface area (Å²) in [5, 5.41) is 6.46. The summed E-state index contributed by atoms with van der Waals surface area (Å²) in [5.41, 5.74) is 4.54. The van der Waals surface area contributed by atoms with Crippen LogP contribution in [0.5, 0.6) is 5.75 Å². The van der Waals surface area contributed by atoms with Crippen molar-refractivity contribution in [3.8, 4) is 5.75 Å². The number of benzene rings is 2. The van der Waals surface area contributed by atoms with Crippen LogP contribution in [0.1, 0.15) is 22.3 Å². The number of nitrogens with one attached hydrogen (secondary N) is 1. The molecule has 7 nitrogen and oxygen atoms in total. The number of carbonyl (C=O) groups excluding carboxylic acids is 2. The fourth-order valence-corrected chi connectivity index (χ4v) is 2.62. The molecule has 0 spiro atoms. The Bertz CT molecular complexity index is 837. The molecule has 0 saturated carbocycles. The standard InChI is InChI=1S/C21H24N2O5/c1-14-9-15(2)21(16(3)10-14)23-19(24)12-27-20(25)13-28-22-11-17-5-7-18(26-4)8-6-17/h5-11H,12-13H2,1-4H3,(H,23,24)/b22-11-. The van der Waals surface area contributed by atoms with E-state index in [0.29, 0.717) is 0 Å². The molecule has 2 aromatic carbocycles. The van der Waals surface area contributed by atoms with Crippen LogP contribution < -0.4 is 10.1 Å². The smallest absolute Gasteiger partial charge is 0.347 e. The molecule has 1 amide bonds. The number of ether oxygens (including phenoxy) is 2. The van der Waals surface area contributed by atoms with Gasteiger partial charge in [0, 0.05) is 5.69 Å². The van der Waals surface area contributed by atoms with Crippen molar-refractivity contribution in [3.05, 3.63) is 58.7 Å². The van der Waals surface area contributed by atoms with E-state index in [2.05, 4.69) is 10.5 Å². The van der Waals surface area contributed by atoms with Gasteiger partial charge in [0.15, 0.2) is 6.61 Å². The van der Waals surface area contributed by atoms with Crippen molar-refractivity contribution < 1.29 is 23.9 Å². The molecular formula is C21H24N2O5. The average molecular weight is 384 g/mol. The molecule has 28 heavy (non-hydrogen) atoms. The van der Waals surface area contributed by atoms with Crippen LogP contribution in [0.25, 0.3) is 0 Å². The zero-order valence-corrected chi connectivity index (χ0v) is 16.4. The van der Waals surface area contributed by atoms with Gasteiger partial charge in [-0.15, -0.1) is 0 Å². The van der Waals surface area contributed by atoms with E-state index in [1.807, 2.05) is 32.9 Å². The second-order valence-electron chi connectivity index (χ2n) is 6.26. The molecule has 0 aliphatic rings. The highest BCUT2D eigenvalue weighted by atomic mass is 16.7. The summed E-state index contributed by atoms with van der Waals surface area (Å²) in [5.74, 6) is -0.361. The van der Waals surface area contributed by atoms with Gasteiger partial charge < -0.3 is 19.6 Å². The van der Waals surface area contributed by atoms with E-state index in [9.17, 15) is 9.59 Å². The number of hydrogen-bond donors (Lipinski definition) is 1. The van der Waals surface area contributed by atoms with Crippen LogP contribution >= 0.6 is 0 Å². The minimum absolute atomic E-state index is 0.386. The number of esters is 1. The van der Waals surface area contributed by atoms with Crippen LogP contribution in [0.4, 0.5) is 5.69 Å². The minimum atomic E-state index is -0.681. The lowest BCUT2D eigenvalue weighted by Gasteiger charge is -2.12. The molecule has 1 N–H and O–H groups in total. The Morgan fingerprint density at radius 1 is 1.04 bits per heavy atom. The van der Waals surface area contributed by atoms with Crippen molar-refractivity contribution in [1.82, 2.24) is 0 Å². The number of carbonyl (C=O) groups is 2. The summed E-state index contributed by atoms with van der Waals surface area (Å²) in [4.78, 5) is 28.6. The fourth-order valence-electron chi connectivity index (χ4n) is 2.62. The first-order chi connectivity index (χ1) is 13.4. The highest BCUT2D eigenvalue weighted by molar-refractivity contribution is 5.94. The second-order valence-corrected chi connectivity index (χ2v) is 6.26. The first kappa shape index (κ1) is 21.0. The number of anilines is 1. The Hall–Kier alpha value is -3.35. The molecule has 0 aromatic heterocycles. The van der Waals surface area contributed by atoms with Crippen molar-refractivity contribution in [2.75, 3.05) is 25.6 Å². The first-order valence-electron chi connectivity index (χ1n) is 8.71. The molecule has 0 bridgehead atoms. The molecule has 7 heteroatoms. The summed E-state index contributed by atoms with van der Waals surface area (Å²) in [6, 6.07) is 11.1. The highest BCUT2D eigenvalue weighted by Crippen LogP contribution is 2.21. The Morgan fingerprint density at radius 2 is 1.68 bits per heavy atom. The lowest BCUT2D eigenvalue weighted by molar-refractivity contribution is -0.151. The van der Waals surface area contributed by atoms with Crippen molar-refractivity contribution in [2.24, 2.45) is 5.16 Å². The molecule has 0 heterocycles. The first-order valence-corrected chi connectivity index (χ1v) is 8.71. The predicted molar refractivity (Wildman–Crippen MR) is 107 cm³/mol. The van der Waals surface area contributed by atoms with E-state index in [1.54, 1.807) is 31.4 Å². The van der Waals surface area contributed by atoms with Crippen molar-refractivity contribution in [1.29, 1.82) is 0 Å². The number of nitrogens with zero attached hydrogens (tertiary/aromatic N) is 1. The topological polar surface area (TPSA) is 86.2 Å². The van der Waals surface area contributed by atoms with Gasteiger partial charge in [-0.2, -0.15) is 0 Å². The largest absolute Gasteiger partial charge is 0.497 e. The predicted octanol–water partition coefficient (Wildman–Crippen LogP) is 3.15. The summed E-state index contributed by atoms with van der Waals surface area (Å²) >= 11 is 0. The molecule has 2 rings (SSSR count). The number of rotatable bonds is 8. The highest BCUT2D eigenvalue weighted by Gasteiger charge is 2.11. The minimum Gasteiger partial charge on any atom is -0.497 e. The van der Waals surface area contributed by atoms with E-state index in [-0.39, 0.29) is 6.61 Å². The third-order valence-corrected chi connectivity index (χ3v) is 3.88. The molecule has 0 saturated heterocycles. The van der Waals surface area contributed by atoms with Gasteiger partial charge in [-0.25, -0.2) is 4.79 Å². The summed E-state index contributed by atoms with van der Waals surface area (Å²) < 4.78 is 9.95. The number of oxime groups is 1. The third-order valence-electron chi connectivity index (χ3n) is 3.88. The van der Waals surface area contributed by atoms with E-state index in [1.165, 1.54) is 6.21 Å². The lowest BCUT2D eigenvalue weighted by atomic mass is 10.1. The van der Waals surface area contributed by atoms with Crippen molar-refractivity contribution in [2.45, 2.75) is 20.8 Å². The van der Waals surface area contributed by atoms with E-state index in [0.717, 1.165) is 33.7 Å². The quantitative estimate of drug-likeness (QED) is 0.429. The molecule has 0 radical (unpaired) electrons. The van der Waals surface area contributed by atoms with Crippen LogP contribution in [0, 0.1) is 20.8 Å². The van der Waals surface area contributed by atoms with Crippen LogP contribution in [0.3, 0.4) is 0 Å². The Kier molecular flexibility index (Phi) is 7.56. The summed E-state index contributed by atoms with van der Waals surface area (Å²) in [7, 11) is 1.58. The third kappa shape index (κ3) is 6.42. The number of methoxy groups -OCH3 is 1. The van der Waals surface area contributed by atoms with E-state index < -0.39 is 18.5 Å². The molecule has 2 aromatic rings. The van der Waals surface area contributed by atoms with Gasteiger partial charge >= 0.3 is 5.97 Å². The van der Waals surface area contributed by atoms with Crippen LogP contribution in [-0.4, -0.2) is 38.4 Å². The molecule has 0 aliphatic carbocycles. The second kappa shape index (κ2) is 10.1. The van der Waals surface area contributed by atoms with Crippen LogP contribution in [0.2, 0.25) is 0 Å². The molecule has 148 valence electrons. The van der Waals surface area contributed by atoms with E-state index >= 15 is 0 Å². The van der Waals surface area contributed by atoms with E-state index in [4.69, 9.17) is 14.3 Å². The SMILES string of the molecule is COc1ccc(/C=N\OCC(=O)OCC(=O)Nc2c(C)cc(C)cc2C)cc1. The number of hydrogen-bond acceptors (Lipinski definition) is 6. The maximum absolute atomic E-state index is 12.0. The molecule has 0 atom stereocenters. The molecular weight excluding hydrogens is 360 g/mol. The van der Waals surface area contributed by atoms with Crippen molar-refractivity contribution in [3.63, 3.8) is 0 Å². The number of amides is 1. The molecule has 0 fully saturated rings. The maximum atomic E-state index is 12.0. The summed E-state index contributed by atoms with van der Waals surface area (Å²) in [6.07, 6.45) is 1.46. The van der Waals surface area contributed by atoms with Gasteiger partial charge in [-0.3, -0.25) is 4.79 Å². The Labute approximate surface area is 164 Å². The number of aryl methyl sites for hydroxylation is 3. The van der Waals surface area contributed by atoms with Gasteiger partial charge in [-0.1, -0.05) is 22.9 Å². The van der Waals surface area contributed by atoms with Crippen molar-refractivity contribution >= 4 is 23.8 Å². The fraction of sp³-hybridized carbons (Fsp3) is 0.286. The monoisotopic (exact) mass is 384 g/mol. The zero-order valence-electron chi connectivity index (χ0n) is 16.4. The Balaban J connectivity index is 1.73. The zero-order chi connectivity index (χ0) is 20.5. The maximum Gasteiger partial charge on any atom is 0.347 e. The Morgan fingerprint density at radius 3 is 2.29 bits per heavy atom. The molecule has 0 unspecified atom stereocenters. The van der Waals surface area contributed by atoms with Crippen LogP contribution in [0.15, 0.2) is 41.6 Å². The van der Waals surface area contributed by atoms with Gasteiger partial charge in [0.2, 0.25) is 6.61 Å². The normalized spacial score (nSPS) is 10.6. The van der Waals surface area contributed by atoms with Gasteiger partial charge in [0.05, 0.1) is 13.3 Å². The van der Waals surface area contributed by atoms with Gasteiger partial charge in [-0.05, 0) is 61.7 Å². The van der Waals surface area contributed by atoms with Gasteiger partial charge in [0.25, 0.3) is 5.91 Å².